The van der Waals surface area contributed by atoms with Crippen molar-refractivity contribution in [3.8, 4) is 11.5 Å². The van der Waals surface area contributed by atoms with Gasteiger partial charge in [0.1, 0.15) is 5.58 Å². The number of oxazole rings is 1. The number of para-hydroxylation sites is 1. The van der Waals surface area contributed by atoms with Gasteiger partial charge in [-0.3, -0.25) is 10.1 Å². The van der Waals surface area contributed by atoms with Crippen LogP contribution >= 0.6 is 12.2 Å². The van der Waals surface area contributed by atoms with Crippen LogP contribution in [0.5, 0.6) is 0 Å². The number of aromatic nitrogens is 2. The Labute approximate surface area is 188 Å². The summed E-state index contributed by atoms with van der Waals surface area (Å²) in [6.07, 6.45) is 1.67. The molecule has 7 nitrogen and oxygen atoms in total. The van der Waals surface area contributed by atoms with Crippen LogP contribution in [0.2, 0.25) is 0 Å². The number of carbonyl (C=O) groups excluding carboxylic acids is 1. The van der Waals surface area contributed by atoms with E-state index >= 15 is 0 Å². The minimum atomic E-state index is -0.407. The molecule has 0 saturated heterocycles. The average Bonchev–Trinajstić information content (AvgIpc) is 3.37. The van der Waals surface area contributed by atoms with Gasteiger partial charge in [-0.1, -0.05) is 24.3 Å². The maximum atomic E-state index is 12.7. The van der Waals surface area contributed by atoms with Crippen molar-refractivity contribution in [2.45, 2.75) is 13.8 Å². The molecule has 2 aromatic carbocycles. The Balaban J connectivity index is 1.36. The zero-order valence-corrected chi connectivity index (χ0v) is 18.1. The molecule has 1 amide bonds. The summed E-state index contributed by atoms with van der Waals surface area (Å²) in [5.41, 5.74) is 5.01. The molecule has 3 aromatic heterocycles. The smallest absolute Gasteiger partial charge is 0.293 e. The van der Waals surface area contributed by atoms with Crippen LogP contribution in [-0.2, 0) is 0 Å². The van der Waals surface area contributed by atoms with Crippen molar-refractivity contribution in [3.63, 3.8) is 0 Å². The summed E-state index contributed by atoms with van der Waals surface area (Å²) in [5, 5.41) is 6.83. The molecule has 158 valence electrons. The number of nitrogens with one attached hydrogen (secondary N) is 2. The van der Waals surface area contributed by atoms with Gasteiger partial charge in [-0.25, -0.2) is 4.98 Å². The average molecular weight is 443 g/mol. The second kappa shape index (κ2) is 7.90. The van der Waals surface area contributed by atoms with Gasteiger partial charge >= 0.3 is 0 Å². The van der Waals surface area contributed by atoms with Gasteiger partial charge in [0, 0.05) is 28.4 Å². The van der Waals surface area contributed by atoms with Gasteiger partial charge in [-0.05, 0) is 62.0 Å². The highest BCUT2D eigenvalue weighted by Gasteiger charge is 2.19. The number of anilines is 1. The van der Waals surface area contributed by atoms with Gasteiger partial charge in [-0.2, -0.15) is 4.98 Å². The van der Waals surface area contributed by atoms with Gasteiger partial charge in [0.2, 0.25) is 5.89 Å². The van der Waals surface area contributed by atoms with Gasteiger partial charge < -0.3 is 14.2 Å². The molecule has 32 heavy (non-hydrogen) atoms. The van der Waals surface area contributed by atoms with Crippen molar-refractivity contribution < 1.29 is 13.6 Å². The van der Waals surface area contributed by atoms with Gasteiger partial charge in [0.15, 0.2) is 22.1 Å². The van der Waals surface area contributed by atoms with E-state index in [2.05, 4.69) is 20.6 Å². The number of thiocarbonyl (C=S) groups is 1. The third-order valence-corrected chi connectivity index (χ3v) is 5.38. The minimum absolute atomic E-state index is 0.161. The van der Waals surface area contributed by atoms with E-state index in [1.165, 1.54) is 0 Å². The molecule has 3 heterocycles. The Morgan fingerprint density at radius 1 is 1.00 bits per heavy atom. The fourth-order valence-corrected chi connectivity index (χ4v) is 3.69. The van der Waals surface area contributed by atoms with Crippen molar-refractivity contribution in [2.24, 2.45) is 0 Å². The zero-order chi connectivity index (χ0) is 22.2. The van der Waals surface area contributed by atoms with E-state index in [4.69, 9.17) is 21.1 Å². The number of pyridine rings is 1. The predicted molar refractivity (Wildman–Crippen MR) is 127 cm³/mol. The Morgan fingerprint density at radius 3 is 2.62 bits per heavy atom. The lowest BCUT2D eigenvalue weighted by Gasteiger charge is -2.12. The molecular weight excluding hydrogens is 424 g/mol. The number of hydrogen-bond donors (Lipinski definition) is 2. The maximum absolute atomic E-state index is 12.7. The van der Waals surface area contributed by atoms with E-state index in [0.29, 0.717) is 22.7 Å². The molecule has 0 bridgehead atoms. The molecular formula is C24H18N4O3S. The molecule has 5 rings (SSSR count). The standard InChI is InChI=1S/C24H18N4O3S/c1-13-9-10-15(23-27-21-19(31-23)8-5-11-25-21)12-17(13)26-24(32)28-22(29)20-14(2)16-6-3-4-7-18(16)30-20/h3-12H,1-2H3,(H2,26,28,29,32). The fraction of sp³-hybridized carbons (Fsp3) is 0.0833. The van der Waals surface area contributed by atoms with Crippen molar-refractivity contribution in [1.29, 1.82) is 0 Å². The molecule has 0 saturated carbocycles. The van der Waals surface area contributed by atoms with Crippen LogP contribution in [0.3, 0.4) is 0 Å². The summed E-state index contributed by atoms with van der Waals surface area (Å²) in [4.78, 5) is 21.4. The molecule has 0 aliphatic heterocycles. The van der Waals surface area contributed by atoms with Crippen LogP contribution in [0, 0.1) is 13.8 Å². The van der Waals surface area contributed by atoms with Crippen LogP contribution < -0.4 is 10.6 Å². The van der Waals surface area contributed by atoms with Crippen molar-refractivity contribution in [1.82, 2.24) is 15.3 Å². The highest BCUT2D eigenvalue weighted by molar-refractivity contribution is 7.80. The molecule has 0 aliphatic rings. The highest BCUT2D eigenvalue weighted by atomic mass is 32.1. The van der Waals surface area contributed by atoms with Gasteiger partial charge in [-0.15, -0.1) is 0 Å². The van der Waals surface area contributed by atoms with Gasteiger partial charge in [0.05, 0.1) is 0 Å². The van der Waals surface area contributed by atoms with E-state index < -0.39 is 5.91 Å². The van der Waals surface area contributed by atoms with Gasteiger partial charge in [0.25, 0.3) is 5.91 Å². The minimum Gasteiger partial charge on any atom is -0.451 e. The second-order valence-corrected chi connectivity index (χ2v) is 7.74. The molecule has 0 unspecified atom stereocenters. The van der Waals surface area contributed by atoms with Crippen LogP contribution in [-0.4, -0.2) is 21.0 Å². The molecule has 0 aliphatic carbocycles. The molecule has 8 heteroatoms. The van der Waals surface area contributed by atoms with E-state index in [9.17, 15) is 4.79 Å². The van der Waals surface area contributed by atoms with Crippen LogP contribution in [0.25, 0.3) is 33.7 Å². The topological polar surface area (TPSA) is 93.2 Å². The first kappa shape index (κ1) is 19.9. The number of furan rings is 1. The SMILES string of the molecule is Cc1ccc(-c2nc3ncccc3o2)cc1NC(=S)NC(=O)c1oc2ccccc2c1C. The molecule has 0 fully saturated rings. The van der Waals surface area contributed by atoms with E-state index in [1.807, 2.05) is 62.4 Å². The molecule has 0 radical (unpaired) electrons. The first-order valence-corrected chi connectivity index (χ1v) is 10.3. The zero-order valence-electron chi connectivity index (χ0n) is 17.3. The quantitative estimate of drug-likeness (QED) is 0.362. The molecule has 0 spiro atoms. The number of nitrogens with zero attached hydrogens (tertiary/aromatic N) is 2. The number of benzene rings is 2. The Bertz CT molecular complexity index is 1470. The third kappa shape index (κ3) is 3.61. The van der Waals surface area contributed by atoms with E-state index in [0.717, 1.165) is 27.8 Å². The predicted octanol–water partition coefficient (Wildman–Crippen LogP) is 5.38. The second-order valence-electron chi connectivity index (χ2n) is 7.33. The lowest BCUT2D eigenvalue weighted by molar-refractivity contribution is 0.0952. The molecule has 0 atom stereocenters. The highest BCUT2D eigenvalue weighted by Crippen LogP contribution is 2.28. The summed E-state index contributed by atoms with van der Waals surface area (Å²) >= 11 is 5.37. The van der Waals surface area contributed by atoms with E-state index in [-0.39, 0.29) is 10.9 Å². The largest absolute Gasteiger partial charge is 0.451 e. The Hall–Kier alpha value is -4.04. The molecule has 5 aromatic rings. The van der Waals surface area contributed by atoms with Crippen molar-refractivity contribution in [2.75, 3.05) is 5.32 Å². The molecule has 2 N–H and O–H groups in total. The lowest BCUT2D eigenvalue weighted by atomic mass is 10.1. The Kier molecular flexibility index (Phi) is 4.91. The fourth-order valence-electron chi connectivity index (χ4n) is 3.49. The monoisotopic (exact) mass is 442 g/mol. The van der Waals surface area contributed by atoms with Crippen molar-refractivity contribution in [3.05, 3.63) is 77.7 Å². The maximum Gasteiger partial charge on any atom is 0.293 e. The normalized spacial score (nSPS) is 11.1. The summed E-state index contributed by atoms with van der Waals surface area (Å²) in [6, 6.07) is 16.8. The van der Waals surface area contributed by atoms with Crippen LogP contribution in [0.4, 0.5) is 5.69 Å². The van der Waals surface area contributed by atoms with Crippen LogP contribution in [0.1, 0.15) is 21.7 Å². The number of rotatable bonds is 3. The number of aryl methyl sites for hydroxylation is 2. The first-order chi connectivity index (χ1) is 15.5. The number of hydrogen-bond acceptors (Lipinski definition) is 6. The lowest BCUT2D eigenvalue weighted by Crippen LogP contribution is -2.34. The number of amides is 1. The summed E-state index contributed by atoms with van der Waals surface area (Å²) in [6.45, 7) is 3.79. The number of fused-ring (bicyclic) bond motifs is 2. The summed E-state index contributed by atoms with van der Waals surface area (Å²) < 4.78 is 11.5. The third-order valence-electron chi connectivity index (χ3n) is 5.17. The summed E-state index contributed by atoms with van der Waals surface area (Å²) in [5.74, 6) is 0.282. The van der Waals surface area contributed by atoms with E-state index in [1.54, 1.807) is 12.3 Å². The van der Waals surface area contributed by atoms with Crippen molar-refractivity contribution >= 4 is 51.1 Å². The number of carbonyl (C=O) groups is 1. The first-order valence-electron chi connectivity index (χ1n) is 9.92. The summed E-state index contributed by atoms with van der Waals surface area (Å²) in [7, 11) is 0. The van der Waals surface area contributed by atoms with Crippen LogP contribution in [0.15, 0.2) is 69.6 Å². The Morgan fingerprint density at radius 2 is 1.81 bits per heavy atom.